The number of hydrogen-bond donors (Lipinski definition) is 2. The first-order chi connectivity index (χ1) is 9.92. The lowest BCUT2D eigenvalue weighted by molar-refractivity contribution is -0.0340. The average molecular weight is 383 g/mol. The molecule has 0 heterocycles. The second-order valence-corrected chi connectivity index (χ2v) is 5.98. The summed E-state index contributed by atoms with van der Waals surface area (Å²) in [6.07, 6.45) is -24.9. The summed E-state index contributed by atoms with van der Waals surface area (Å²) in [7, 11) is -5.06. The first-order valence-corrected chi connectivity index (χ1v) is 7.53. The van der Waals surface area contributed by atoms with E-state index < -0.39 is 72.2 Å². The van der Waals surface area contributed by atoms with E-state index >= 15 is 0 Å². The van der Waals surface area contributed by atoms with Crippen molar-refractivity contribution in [3.63, 3.8) is 0 Å². The van der Waals surface area contributed by atoms with E-state index in [0.717, 1.165) is 0 Å². The largest absolute Gasteiger partial charge is 0.344 e. The Labute approximate surface area is 127 Å². The predicted octanol–water partition coefficient (Wildman–Crippen LogP) is 2.76. The van der Waals surface area contributed by atoms with Crippen LogP contribution in [0.3, 0.4) is 0 Å². The summed E-state index contributed by atoms with van der Waals surface area (Å²) in [5.74, 6) is -1.93. The van der Waals surface area contributed by atoms with Crippen LogP contribution in [-0.4, -0.2) is 68.6 Å². The van der Waals surface area contributed by atoms with Crippen LogP contribution in [0, 0.1) is 0 Å². The average Bonchev–Trinajstić information content (AvgIpc) is 2.41. The molecule has 0 saturated heterocycles. The monoisotopic (exact) mass is 383 g/mol. The molecule has 142 valence electrons. The minimum Gasteiger partial charge on any atom is -0.344 e. The van der Waals surface area contributed by atoms with Gasteiger partial charge >= 0.3 is 0 Å². The molecule has 4 nitrogen and oxygen atoms in total. The van der Waals surface area contributed by atoms with Crippen molar-refractivity contribution in [1.82, 2.24) is 6.15 Å². The number of rotatable bonds is 10. The molecule has 0 amide bonds. The maximum Gasteiger partial charge on any atom is 0.267 e. The van der Waals surface area contributed by atoms with Gasteiger partial charge in [0.25, 0.3) is 10.1 Å². The second kappa shape index (κ2) is 10.2. The van der Waals surface area contributed by atoms with Crippen LogP contribution in [0.1, 0.15) is 6.42 Å². The van der Waals surface area contributed by atoms with Gasteiger partial charge in [-0.15, -0.1) is 0 Å². The van der Waals surface area contributed by atoms with Gasteiger partial charge < -0.3 is 6.15 Å². The lowest BCUT2D eigenvalue weighted by Gasteiger charge is -2.25. The van der Waals surface area contributed by atoms with Gasteiger partial charge in [-0.05, 0) is 0 Å². The van der Waals surface area contributed by atoms with Gasteiger partial charge in [-0.3, -0.25) is 8.94 Å². The Bertz CT molecular complexity index is 428. The van der Waals surface area contributed by atoms with Gasteiger partial charge in [0.05, 0.1) is 6.67 Å². The number of alkyl halides is 8. The van der Waals surface area contributed by atoms with Gasteiger partial charge in [0, 0.05) is 6.42 Å². The Morgan fingerprint density at radius 3 is 1.43 bits per heavy atom. The summed E-state index contributed by atoms with van der Waals surface area (Å²) in [5, 5.41) is 0. The molecule has 4 N–H and O–H groups in total. The lowest BCUT2D eigenvalue weighted by Crippen LogP contribution is -2.46. The van der Waals surface area contributed by atoms with E-state index in [1.54, 1.807) is 0 Å². The summed E-state index contributed by atoms with van der Waals surface area (Å²) in [6, 6.07) is 0. The summed E-state index contributed by atoms with van der Waals surface area (Å²) >= 11 is 0. The van der Waals surface area contributed by atoms with Gasteiger partial charge in [-0.25, -0.2) is 30.7 Å². The standard InChI is InChI=1S/C10H14F8O3S.H3N/c11-2-1-4(12)6(14)8(16)10(18)9(17)7(15)5(13)3-22(19,20)21;/h4-10H,1-3H2,(H,19,20,21);1H3. The normalized spacial score (nSPS) is 21.4. The third kappa shape index (κ3) is 8.11. The summed E-state index contributed by atoms with van der Waals surface area (Å²) in [4.78, 5) is 0. The number of hydrogen-bond acceptors (Lipinski definition) is 3. The maximum absolute atomic E-state index is 13.2. The molecule has 0 radical (unpaired) electrons. The van der Waals surface area contributed by atoms with E-state index in [1.807, 2.05) is 0 Å². The van der Waals surface area contributed by atoms with Crippen LogP contribution >= 0.6 is 0 Å². The Morgan fingerprint density at radius 1 is 0.739 bits per heavy atom. The quantitative estimate of drug-likeness (QED) is 0.448. The third-order valence-electron chi connectivity index (χ3n) is 2.66. The van der Waals surface area contributed by atoms with Crippen molar-refractivity contribution in [2.75, 3.05) is 12.4 Å². The van der Waals surface area contributed by atoms with Crippen LogP contribution in [0.15, 0.2) is 0 Å². The molecule has 0 aliphatic heterocycles. The van der Waals surface area contributed by atoms with Gasteiger partial charge in [0.2, 0.25) is 0 Å². The molecule has 13 heteroatoms. The Balaban J connectivity index is 0. The molecule has 7 atom stereocenters. The van der Waals surface area contributed by atoms with Gasteiger partial charge in [-0.2, -0.15) is 8.42 Å². The summed E-state index contributed by atoms with van der Waals surface area (Å²) < 4.78 is 132. The highest BCUT2D eigenvalue weighted by Gasteiger charge is 2.46. The summed E-state index contributed by atoms with van der Waals surface area (Å²) in [5.41, 5.74) is 0. The van der Waals surface area contributed by atoms with Crippen molar-refractivity contribution in [3.05, 3.63) is 0 Å². The van der Waals surface area contributed by atoms with E-state index in [0.29, 0.717) is 0 Å². The van der Waals surface area contributed by atoms with Crippen LogP contribution in [0.25, 0.3) is 0 Å². The van der Waals surface area contributed by atoms with Gasteiger partial charge in [0.15, 0.2) is 37.0 Å². The van der Waals surface area contributed by atoms with Gasteiger partial charge in [-0.1, -0.05) is 0 Å². The van der Waals surface area contributed by atoms with Crippen LogP contribution in [0.5, 0.6) is 0 Å². The molecule has 0 aromatic carbocycles. The van der Waals surface area contributed by atoms with Crippen molar-refractivity contribution < 1.29 is 48.1 Å². The fourth-order valence-electron chi connectivity index (χ4n) is 1.48. The molecule has 0 fully saturated rings. The second-order valence-electron chi connectivity index (χ2n) is 4.48. The molecule has 0 rings (SSSR count). The topological polar surface area (TPSA) is 89.4 Å². The molecular weight excluding hydrogens is 366 g/mol. The van der Waals surface area contributed by atoms with Crippen molar-refractivity contribution in [2.24, 2.45) is 0 Å². The highest BCUT2D eigenvalue weighted by atomic mass is 32.2. The fourth-order valence-corrected chi connectivity index (χ4v) is 2.07. The third-order valence-corrected chi connectivity index (χ3v) is 3.40. The summed E-state index contributed by atoms with van der Waals surface area (Å²) in [6.45, 7) is -1.41. The van der Waals surface area contributed by atoms with E-state index in [1.165, 1.54) is 0 Å². The van der Waals surface area contributed by atoms with E-state index in [4.69, 9.17) is 4.55 Å². The molecule has 0 spiro atoms. The molecular formula is C10H17F8NO3S. The smallest absolute Gasteiger partial charge is 0.267 e. The first kappa shape index (κ1) is 24.6. The van der Waals surface area contributed by atoms with Crippen molar-refractivity contribution in [1.29, 1.82) is 0 Å². The van der Waals surface area contributed by atoms with E-state index in [9.17, 15) is 43.5 Å². The molecule has 7 unspecified atom stereocenters. The minimum absolute atomic E-state index is 0. The molecule has 23 heavy (non-hydrogen) atoms. The zero-order chi connectivity index (χ0) is 17.7. The predicted molar refractivity (Wildman–Crippen MR) is 66.3 cm³/mol. The van der Waals surface area contributed by atoms with E-state index in [2.05, 4.69) is 0 Å². The number of halogens is 8. The zero-order valence-electron chi connectivity index (χ0n) is 11.6. The van der Waals surface area contributed by atoms with Crippen molar-refractivity contribution in [3.8, 4) is 0 Å². The maximum atomic E-state index is 13.2. The Hall–Kier alpha value is -0.690. The van der Waals surface area contributed by atoms with Crippen molar-refractivity contribution >= 4 is 10.1 Å². The van der Waals surface area contributed by atoms with Crippen molar-refractivity contribution in [2.45, 2.75) is 49.6 Å². The zero-order valence-corrected chi connectivity index (χ0v) is 12.4. The van der Waals surface area contributed by atoms with Crippen LogP contribution < -0.4 is 6.15 Å². The fraction of sp³-hybridized carbons (Fsp3) is 1.00. The lowest BCUT2D eigenvalue weighted by atomic mass is 9.99. The highest BCUT2D eigenvalue weighted by Crippen LogP contribution is 2.27. The molecule has 0 bridgehead atoms. The van der Waals surface area contributed by atoms with Crippen LogP contribution in [-0.2, 0) is 10.1 Å². The first-order valence-electron chi connectivity index (χ1n) is 5.92. The molecule has 0 aliphatic rings. The molecule has 0 saturated carbocycles. The van der Waals surface area contributed by atoms with Gasteiger partial charge in [0.1, 0.15) is 11.9 Å². The van der Waals surface area contributed by atoms with E-state index in [-0.39, 0.29) is 6.15 Å². The Morgan fingerprint density at radius 2 is 1.09 bits per heavy atom. The molecule has 0 aromatic rings. The minimum atomic E-state index is -5.06. The highest BCUT2D eigenvalue weighted by molar-refractivity contribution is 7.85. The molecule has 0 aliphatic carbocycles. The SMILES string of the molecule is N.O=S(=O)(O)CC(F)C(F)C(F)C(F)C(F)C(F)C(F)CCF. The van der Waals surface area contributed by atoms with Crippen LogP contribution in [0.2, 0.25) is 0 Å². The van der Waals surface area contributed by atoms with Crippen LogP contribution in [0.4, 0.5) is 35.1 Å². The Kier molecular flexibility index (Phi) is 10.9. The molecule has 0 aromatic heterocycles.